The number of aromatic nitrogens is 1. The van der Waals surface area contributed by atoms with E-state index in [4.69, 9.17) is 14.0 Å². The average molecular weight is 536 g/mol. The third-order valence-corrected chi connectivity index (χ3v) is 8.83. The molecule has 4 rings (SSSR count). The average Bonchev–Trinajstić information content (AvgIpc) is 3.71. The van der Waals surface area contributed by atoms with E-state index in [1.807, 2.05) is 31.2 Å². The second-order valence-corrected chi connectivity index (χ2v) is 14.4. The zero-order valence-electron chi connectivity index (χ0n) is 23.7. The first-order chi connectivity index (χ1) is 18.1. The molecular weight excluding hydrogens is 493 g/mol. The third-order valence-electron chi connectivity index (χ3n) is 6.97. The summed E-state index contributed by atoms with van der Waals surface area (Å²) >= 11 is 0. The second kappa shape index (κ2) is 12.1. The molecule has 1 aliphatic carbocycles. The van der Waals surface area contributed by atoms with Crippen molar-refractivity contribution in [2.24, 2.45) is 11.3 Å². The quantitative estimate of drug-likeness (QED) is 0.218. The van der Waals surface area contributed by atoms with Crippen LogP contribution in [-0.2, 0) is 22.1 Å². The smallest absolute Gasteiger partial charge is 0.213 e. The summed E-state index contributed by atoms with van der Waals surface area (Å²) in [5.41, 5.74) is 6.04. The van der Waals surface area contributed by atoms with Crippen LogP contribution in [0.1, 0.15) is 63.1 Å². The molecule has 1 aromatic heterocycles. The zero-order chi connectivity index (χ0) is 27.3. The van der Waals surface area contributed by atoms with Gasteiger partial charge < -0.3 is 14.0 Å². The summed E-state index contributed by atoms with van der Waals surface area (Å²) in [5, 5.41) is 0. The van der Waals surface area contributed by atoms with E-state index in [1.165, 1.54) is 24.0 Å². The summed E-state index contributed by atoms with van der Waals surface area (Å²) in [6.45, 7) is 11.4. The molecule has 3 aromatic rings. The van der Waals surface area contributed by atoms with Crippen LogP contribution >= 0.6 is 7.37 Å². The van der Waals surface area contributed by atoms with Crippen molar-refractivity contribution in [1.82, 2.24) is 4.98 Å². The van der Waals surface area contributed by atoms with Gasteiger partial charge >= 0.3 is 0 Å². The fourth-order valence-electron chi connectivity index (χ4n) is 5.13. The summed E-state index contributed by atoms with van der Waals surface area (Å²) in [6, 6.07) is 18.9. The minimum absolute atomic E-state index is 0.140. The van der Waals surface area contributed by atoms with E-state index in [0.717, 1.165) is 28.9 Å². The third kappa shape index (κ3) is 7.94. The summed E-state index contributed by atoms with van der Waals surface area (Å²) in [6.07, 6.45) is 5.66. The summed E-state index contributed by atoms with van der Waals surface area (Å²) in [7, 11) is -0.934. The monoisotopic (exact) mass is 535 g/mol. The maximum atomic E-state index is 12.9. The van der Waals surface area contributed by atoms with Crippen molar-refractivity contribution in [3.63, 3.8) is 0 Å². The number of pyridine rings is 1. The SMILES string of the molecule is CCOP(C)(=O)CC(c1ccnc(OCc2ccc(-c3cccc(OC)c3)c(CC(C)(C)C)c2)c1)C1CC1. The van der Waals surface area contributed by atoms with Gasteiger partial charge in [0.15, 0.2) is 0 Å². The largest absolute Gasteiger partial charge is 0.497 e. The molecule has 1 aliphatic rings. The molecule has 0 saturated heterocycles. The minimum Gasteiger partial charge on any atom is -0.497 e. The Kier molecular flexibility index (Phi) is 9.00. The summed E-state index contributed by atoms with van der Waals surface area (Å²) in [5.74, 6) is 2.23. The van der Waals surface area contributed by atoms with Crippen LogP contribution in [0.15, 0.2) is 60.8 Å². The lowest BCUT2D eigenvalue weighted by Crippen LogP contribution is -2.11. The highest BCUT2D eigenvalue weighted by Gasteiger charge is 2.36. The molecule has 2 unspecified atom stereocenters. The van der Waals surface area contributed by atoms with Crippen LogP contribution in [0.2, 0.25) is 0 Å². The Morgan fingerprint density at radius 2 is 1.87 bits per heavy atom. The lowest BCUT2D eigenvalue weighted by molar-refractivity contribution is 0.293. The van der Waals surface area contributed by atoms with Gasteiger partial charge in [0.2, 0.25) is 13.2 Å². The van der Waals surface area contributed by atoms with Crippen molar-refractivity contribution in [2.75, 3.05) is 26.5 Å². The molecule has 6 heteroatoms. The molecule has 0 N–H and O–H groups in total. The van der Waals surface area contributed by atoms with Gasteiger partial charge in [-0.1, -0.05) is 51.1 Å². The molecule has 0 radical (unpaired) electrons. The normalized spacial score (nSPS) is 16.1. The van der Waals surface area contributed by atoms with Crippen molar-refractivity contribution in [1.29, 1.82) is 0 Å². The first kappa shape index (κ1) is 28.4. The van der Waals surface area contributed by atoms with Gasteiger partial charge in [-0.2, -0.15) is 0 Å². The van der Waals surface area contributed by atoms with E-state index in [0.29, 0.717) is 31.2 Å². The number of benzene rings is 2. The van der Waals surface area contributed by atoms with Crippen molar-refractivity contribution in [3.8, 4) is 22.8 Å². The standard InChI is InChI=1S/C32H42NO4P/c1-7-37-38(6,34)22-30(24-12-13-24)26-15-16-33-31(19-26)36-21-23-11-14-29(27(17-23)20-32(2,3)4)25-9-8-10-28(18-25)35-5/h8-11,14-19,24,30H,7,12-13,20-22H2,1-6H3. The fourth-order valence-corrected chi connectivity index (χ4v) is 7.00. The molecule has 0 bridgehead atoms. The van der Waals surface area contributed by atoms with Gasteiger partial charge in [-0.3, -0.25) is 4.57 Å². The predicted octanol–water partition coefficient (Wildman–Crippen LogP) is 8.36. The Morgan fingerprint density at radius 1 is 1.08 bits per heavy atom. The van der Waals surface area contributed by atoms with Crippen LogP contribution in [0.5, 0.6) is 11.6 Å². The van der Waals surface area contributed by atoms with Crippen LogP contribution in [0.25, 0.3) is 11.1 Å². The van der Waals surface area contributed by atoms with Gasteiger partial charge in [0.05, 0.1) is 13.7 Å². The molecule has 2 aromatic carbocycles. The maximum absolute atomic E-state index is 12.9. The lowest BCUT2D eigenvalue weighted by atomic mass is 9.84. The Labute approximate surface area is 228 Å². The van der Waals surface area contributed by atoms with Crippen LogP contribution in [0.4, 0.5) is 0 Å². The Morgan fingerprint density at radius 3 is 2.55 bits per heavy atom. The van der Waals surface area contributed by atoms with E-state index >= 15 is 0 Å². The number of hydrogen-bond acceptors (Lipinski definition) is 5. The van der Waals surface area contributed by atoms with Crippen LogP contribution < -0.4 is 9.47 Å². The zero-order valence-corrected chi connectivity index (χ0v) is 24.6. The molecular formula is C32H42NO4P. The van der Waals surface area contributed by atoms with Crippen LogP contribution in [0, 0.1) is 11.3 Å². The molecule has 1 saturated carbocycles. The van der Waals surface area contributed by atoms with Crippen molar-refractivity contribution in [3.05, 3.63) is 77.5 Å². The highest BCUT2D eigenvalue weighted by Crippen LogP contribution is 2.53. The molecule has 0 spiro atoms. The lowest BCUT2D eigenvalue weighted by Gasteiger charge is -2.22. The second-order valence-electron chi connectivity index (χ2n) is 11.7. The van der Waals surface area contributed by atoms with E-state index < -0.39 is 7.37 Å². The highest BCUT2D eigenvalue weighted by molar-refractivity contribution is 7.58. The molecule has 5 nitrogen and oxygen atoms in total. The van der Waals surface area contributed by atoms with E-state index in [2.05, 4.69) is 56.1 Å². The topological polar surface area (TPSA) is 57.7 Å². The summed E-state index contributed by atoms with van der Waals surface area (Å²) < 4.78 is 30.2. The number of hydrogen-bond donors (Lipinski definition) is 0. The fraction of sp³-hybridized carbons (Fsp3) is 0.469. The molecule has 2 atom stereocenters. The van der Waals surface area contributed by atoms with E-state index in [-0.39, 0.29) is 11.3 Å². The van der Waals surface area contributed by atoms with Crippen molar-refractivity contribution < 1.29 is 18.6 Å². The molecule has 0 amide bonds. The van der Waals surface area contributed by atoms with Crippen LogP contribution in [0.3, 0.4) is 0 Å². The number of rotatable bonds is 12. The van der Waals surface area contributed by atoms with Gasteiger partial charge in [-0.25, -0.2) is 4.98 Å². The van der Waals surface area contributed by atoms with E-state index in [1.54, 1.807) is 20.0 Å². The molecule has 1 heterocycles. The number of methoxy groups -OCH3 is 1. The van der Waals surface area contributed by atoms with Gasteiger partial charge in [-0.05, 0) is 89.5 Å². The van der Waals surface area contributed by atoms with Gasteiger partial charge in [0.1, 0.15) is 12.4 Å². The highest BCUT2D eigenvalue weighted by atomic mass is 31.2. The molecule has 0 aliphatic heterocycles. The Balaban J connectivity index is 1.53. The van der Waals surface area contributed by atoms with Crippen molar-refractivity contribution >= 4 is 7.37 Å². The van der Waals surface area contributed by atoms with Gasteiger partial charge in [0.25, 0.3) is 0 Å². The van der Waals surface area contributed by atoms with Gasteiger partial charge in [-0.15, -0.1) is 0 Å². The maximum Gasteiger partial charge on any atom is 0.213 e. The summed E-state index contributed by atoms with van der Waals surface area (Å²) in [4.78, 5) is 4.48. The van der Waals surface area contributed by atoms with E-state index in [9.17, 15) is 4.57 Å². The Hall–Kier alpha value is -2.62. The van der Waals surface area contributed by atoms with Gasteiger partial charge in [0, 0.05) is 25.1 Å². The molecule has 204 valence electrons. The van der Waals surface area contributed by atoms with Crippen molar-refractivity contribution in [2.45, 2.75) is 59.5 Å². The minimum atomic E-state index is -2.63. The number of nitrogens with zero attached hydrogens (tertiary/aromatic N) is 1. The molecule has 1 fully saturated rings. The van der Waals surface area contributed by atoms with Crippen LogP contribution in [-0.4, -0.2) is 31.5 Å². The molecule has 38 heavy (non-hydrogen) atoms. The first-order valence-corrected chi connectivity index (χ1v) is 15.9. The predicted molar refractivity (Wildman–Crippen MR) is 156 cm³/mol. The number of ether oxygens (including phenoxy) is 2. The Bertz CT molecular complexity index is 1280. The first-order valence-electron chi connectivity index (χ1n) is 13.6.